The molecule has 0 saturated heterocycles. The van der Waals surface area contributed by atoms with Crippen molar-refractivity contribution in [3.8, 4) is 0 Å². The van der Waals surface area contributed by atoms with Crippen LogP contribution in [0.5, 0.6) is 0 Å². The molecular formula is C32H43N. The molecule has 1 aliphatic rings. The summed E-state index contributed by atoms with van der Waals surface area (Å²) in [4.78, 5) is 2.49. The van der Waals surface area contributed by atoms with Crippen LogP contribution in [-0.2, 0) is 16.2 Å². The van der Waals surface area contributed by atoms with Gasteiger partial charge in [0.15, 0.2) is 0 Å². The molecule has 1 nitrogen and oxygen atoms in total. The van der Waals surface area contributed by atoms with E-state index in [4.69, 9.17) is 0 Å². The summed E-state index contributed by atoms with van der Waals surface area (Å²) >= 11 is 0. The van der Waals surface area contributed by atoms with Gasteiger partial charge < -0.3 is 4.90 Å². The number of fused-ring (bicyclic) bond motifs is 3. The van der Waals surface area contributed by atoms with Crippen LogP contribution >= 0.6 is 0 Å². The molecule has 0 amide bonds. The van der Waals surface area contributed by atoms with Crippen LogP contribution in [0.3, 0.4) is 0 Å². The van der Waals surface area contributed by atoms with Gasteiger partial charge in [-0.05, 0) is 83.2 Å². The third kappa shape index (κ3) is 3.26. The van der Waals surface area contributed by atoms with Crippen LogP contribution in [0.4, 0.5) is 11.4 Å². The molecule has 176 valence electrons. The Morgan fingerprint density at radius 2 is 1.18 bits per heavy atom. The van der Waals surface area contributed by atoms with Gasteiger partial charge in [0, 0.05) is 29.3 Å². The highest BCUT2D eigenvalue weighted by Gasteiger charge is 2.53. The van der Waals surface area contributed by atoms with Crippen LogP contribution in [0.1, 0.15) is 97.3 Å². The average molecular weight is 442 g/mol. The summed E-state index contributed by atoms with van der Waals surface area (Å²) in [5.41, 5.74) is 7.68. The first-order valence-electron chi connectivity index (χ1n) is 13.2. The monoisotopic (exact) mass is 441 g/mol. The first-order valence-corrected chi connectivity index (χ1v) is 13.2. The average Bonchev–Trinajstić information content (AvgIpc) is 2.92. The van der Waals surface area contributed by atoms with E-state index < -0.39 is 0 Å². The largest absolute Gasteiger partial charge is 0.344 e. The normalized spacial score (nSPS) is 16.9. The topological polar surface area (TPSA) is 3.24 Å². The second-order valence-electron chi connectivity index (χ2n) is 10.8. The fraction of sp³-hybridized carbons (Fsp3) is 0.500. The van der Waals surface area contributed by atoms with Crippen LogP contribution in [0.15, 0.2) is 54.6 Å². The van der Waals surface area contributed by atoms with Crippen molar-refractivity contribution < 1.29 is 0 Å². The number of nitrogens with zero attached hydrogens (tertiary/aromatic N) is 1. The van der Waals surface area contributed by atoms with Gasteiger partial charge in [0.05, 0.1) is 0 Å². The highest BCUT2D eigenvalue weighted by atomic mass is 15.1. The molecule has 0 atom stereocenters. The number of hydrogen-bond donors (Lipinski definition) is 0. The van der Waals surface area contributed by atoms with E-state index in [9.17, 15) is 0 Å². The van der Waals surface area contributed by atoms with Gasteiger partial charge in [-0.2, -0.15) is 0 Å². The van der Waals surface area contributed by atoms with Gasteiger partial charge in [-0.1, -0.05) is 84.9 Å². The van der Waals surface area contributed by atoms with E-state index in [2.05, 4.69) is 115 Å². The van der Waals surface area contributed by atoms with Gasteiger partial charge in [0.1, 0.15) is 0 Å². The second kappa shape index (κ2) is 8.49. The van der Waals surface area contributed by atoms with Gasteiger partial charge in [-0.25, -0.2) is 0 Å². The SMILES string of the molecule is CCC(C)(C)c1ccc2c(c1)C(CC)(CC)C(CC)(CC)c1cc3ccccc3cc1N2C. The molecule has 1 heterocycles. The third-order valence-corrected chi connectivity index (χ3v) is 9.61. The van der Waals surface area contributed by atoms with Crippen molar-refractivity contribution in [3.63, 3.8) is 0 Å². The minimum absolute atomic E-state index is 0.0877. The Labute approximate surface area is 202 Å². The molecule has 0 saturated carbocycles. The number of anilines is 2. The zero-order valence-electron chi connectivity index (χ0n) is 22.2. The molecule has 0 unspecified atom stereocenters. The summed E-state index contributed by atoms with van der Waals surface area (Å²) in [6.07, 6.45) is 5.73. The van der Waals surface area contributed by atoms with Gasteiger partial charge in [-0.15, -0.1) is 0 Å². The van der Waals surface area contributed by atoms with E-state index >= 15 is 0 Å². The minimum atomic E-state index is 0.0877. The molecule has 0 radical (unpaired) electrons. The maximum absolute atomic E-state index is 2.59. The third-order valence-electron chi connectivity index (χ3n) is 9.61. The van der Waals surface area contributed by atoms with Crippen molar-refractivity contribution in [3.05, 3.63) is 71.3 Å². The first-order chi connectivity index (χ1) is 15.7. The summed E-state index contributed by atoms with van der Waals surface area (Å²) in [6.45, 7) is 16.8. The van der Waals surface area contributed by atoms with E-state index in [0.717, 1.165) is 32.1 Å². The van der Waals surface area contributed by atoms with E-state index in [1.54, 1.807) is 5.56 Å². The number of benzene rings is 3. The fourth-order valence-electron chi connectivity index (χ4n) is 6.99. The Morgan fingerprint density at radius 1 is 0.667 bits per heavy atom. The van der Waals surface area contributed by atoms with Crippen molar-refractivity contribution in [2.75, 3.05) is 11.9 Å². The molecule has 0 aliphatic carbocycles. The van der Waals surface area contributed by atoms with Crippen molar-refractivity contribution in [1.82, 2.24) is 0 Å². The summed E-state index contributed by atoms with van der Waals surface area (Å²) in [5, 5.41) is 2.69. The molecule has 0 N–H and O–H groups in total. The van der Waals surface area contributed by atoms with Gasteiger partial charge in [-0.3, -0.25) is 0 Å². The standard InChI is InChI=1S/C32H43N/c1-9-30(6,7)25-18-19-28-27(22-25)32(12-4,13-5)31(10-2,11-3)26-20-23-16-14-15-17-24(23)21-29(26)33(28)8/h14-22H,9-13H2,1-8H3. The van der Waals surface area contributed by atoms with E-state index in [1.165, 1.54) is 33.3 Å². The predicted molar refractivity (Wildman–Crippen MR) is 146 cm³/mol. The first kappa shape index (κ1) is 23.9. The Kier molecular flexibility index (Phi) is 6.14. The van der Waals surface area contributed by atoms with Crippen LogP contribution in [-0.4, -0.2) is 7.05 Å². The van der Waals surface area contributed by atoms with E-state index in [1.807, 2.05) is 0 Å². The lowest BCUT2D eigenvalue weighted by Crippen LogP contribution is -2.47. The van der Waals surface area contributed by atoms with E-state index in [0.29, 0.717) is 0 Å². The summed E-state index contributed by atoms with van der Waals surface area (Å²) in [5.74, 6) is 0. The molecule has 33 heavy (non-hydrogen) atoms. The predicted octanol–water partition coefficient (Wildman–Crippen LogP) is 9.42. The summed E-state index contributed by atoms with van der Waals surface area (Å²) < 4.78 is 0. The smallest absolute Gasteiger partial charge is 0.0453 e. The minimum Gasteiger partial charge on any atom is -0.344 e. The van der Waals surface area contributed by atoms with Crippen molar-refractivity contribution >= 4 is 22.1 Å². The Balaban J connectivity index is 2.17. The lowest BCUT2D eigenvalue weighted by Gasteiger charge is -2.51. The van der Waals surface area contributed by atoms with Gasteiger partial charge >= 0.3 is 0 Å². The van der Waals surface area contributed by atoms with Crippen LogP contribution in [0.25, 0.3) is 10.8 Å². The van der Waals surface area contributed by atoms with E-state index in [-0.39, 0.29) is 16.2 Å². The van der Waals surface area contributed by atoms with Crippen molar-refractivity contribution in [2.24, 2.45) is 0 Å². The Hall–Kier alpha value is -2.28. The van der Waals surface area contributed by atoms with Gasteiger partial charge in [0.25, 0.3) is 0 Å². The summed E-state index contributed by atoms with van der Waals surface area (Å²) in [6, 6.07) is 21.2. The fourth-order valence-corrected chi connectivity index (χ4v) is 6.99. The maximum Gasteiger partial charge on any atom is 0.0453 e. The van der Waals surface area contributed by atoms with Crippen LogP contribution < -0.4 is 4.90 Å². The van der Waals surface area contributed by atoms with Crippen LogP contribution in [0.2, 0.25) is 0 Å². The molecule has 3 aromatic rings. The number of hydrogen-bond acceptors (Lipinski definition) is 1. The lowest BCUT2D eigenvalue weighted by atomic mass is 9.52. The molecule has 0 spiro atoms. The second-order valence-corrected chi connectivity index (χ2v) is 10.8. The lowest BCUT2D eigenvalue weighted by molar-refractivity contribution is 0.179. The van der Waals surface area contributed by atoms with Crippen molar-refractivity contribution in [2.45, 2.75) is 96.8 Å². The highest BCUT2D eigenvalue weighted by molar-refractivity contribution is 5.90. The molecule has 0 bridgehead atoms. The molecule has 4 rings (SSSR count). The molecule has 1 aliphatic heterocycles. The molecule has 3 aromatic carbocycles. The van der Waals surface area contributed by atoms with Gasteiger partial charge in [0.2, 0.25) is 0 Å². The van der Waals surface area contributed by atoms with Crippen molar-refractivity contribution in [1.29, 1.82) is 0 Å². The zero-order valence-corrected chi connectivity index (χ0v) is 22.2. The zero-order chi connectivity index (χ0) is 24.0. The molecular weight excluding hydrogens is 398 g/mol. The highest BCUT2D eigenvalue weighted by Crippen LogP contribution is 2.60. The molecule has 0 aromatic heterocycles. The van der Waals surface area contributed by atoms with Crippen LogP contribution in [0, 0.1) is 0 Å². The Bertz CT molecular complexity index is 1140. The Morgan fingerprint density at radius 3 is 1.70 bits per heavy atom. The molecule has 0 fully saturated rings. The molecule has 1 heteroatoms. The maximum atomic E-state index is 2.59. The quantitative estimate of drug-likeness (QED) is 0.368. The summed E-state index contributed by atoms with van der Waals surface area (Å²) in [7, 11) is 2.29. The number of rotatable bonds is 6.